The van der Waals surface area contributed by atoms with Crippen molar-refractivity contribution in [2.45, 2.75) is 31.7 Å². The number of nitrogens with zero attached hydrogens (tertiary/aromatic N) is 1. The molecule has 2 aromatic carbocycles. The maximum Gasteiger partial charge on any atom is 0.242 e. The van der Waals surface area contributed by atoms with E-state index in [1.54, 1.807) is 30.1 Å². The molecule has 0 spiro atoms. The Hall–Kier alpha value is -2.34. The molecule has 144 valence electrons. The number of hydrogen-bond donors (Lipinski definition) is 1. The highest BCUT2D eigenvalue weighted by atomic mass is 32.2. The standard InChI is InChI=1S/C21H25FN2O2S/c1-3-19(21(26)23-2)24(13-16-9-5-4-6-10-16)20(25)15-27-14-17-11-7-8-12-18(17)22/h4-12,19H,3,13-15H2,1-2H3,(H,23,26). The fourth-order valence-corrected chi connectivity index (χ4v) is 3.71. The van der Waals surface area contributed by atoms with E-state index in [1.165, 1.54) is 17.8 Å². The minimum Gasteiger partial charge on any atom is -0.357 e. The summed E-state index contributed by atoms with van der Waals surface area (Å²) in [5, 5.41) is 2.64. The lowest BCUT2D eigenvalue weighted by Gasteiger charge is -2.30. The van der Waals surface area contributed by atoms with Crippen LogP contribution in [0.2, 0.25) is 0 Å². The second-order valence-electron chi connectivity index (χ2n) is 6.13. The van der Waals surface area contributed by atoms with E-state index in [9.17, 15) is 14.0 Å². The average Bonchev–Trinajstić information content (AvgIpc) is 2.69. The van der Waals surface area contributed by atoms with Crippen molar-refractivity contribution in [3.63, 3.8) is 0 Å². The van der Waals surface area contributed by atoms with Crippen LogP contribution in [0.4, 0.5) is 4.39 Å². The van der Waals surface area contributed by atoms with Crippen LogP contribution in [-0.4, -0.2) is 35.6 Å². The Morgan fingerprint density at radius 3 is 2.41 bits per heavy atom. The van der Waals surface area contributed by atoms with Crippen LogP contribution in [0, 0.1) is 5.82 Å². The molecule has 4 nitrogen and oxygen atoms in total. The highest BCUT2D eigenvalue weighted by Crippen LogP contribution is 2.18. The van der Waals surface area contributed by atoms with Crippen molar-refractivity contribution >= 4 is 23.6 Å². The first-order valence-corrected chi connectivity index (χ1v) is 10.1. The number of rotatable bonds is 9. The molecule has 0 saturated carbocycles. The van der Waals surface area contributed by atoms with Crippen molar-refractivity contribution in [1.82, 2.24) is 10.2 Å². The van der Waals surface area contributed by atoms with Crippen molar-refractivity contribution < 1.29 is 14.0 Å². The zero-order valence-electron chi connectivity index (χ0n) is 15.7. The lowest BCUT2D eigenvalue weighted by molar-refractivity contribution is -0.139. The van der Waals surface area contributed by atoms with Crippen LogP contribution < -0.4 is 5.32 Å². The second kappa shape index (κ2) is 10.7. The Kier molecular flexibility index (Phi) is 8.33. The van der Waals surface area contributed by atoms with Gasteiger partial charge in [-0.1, -0.05) is 55.5 Å². The van der Waals surface area contributed by atoms with E-state index in [0.717, 1.165) is 5.56 Å². The molecular formula is C21H25FN2O2S. The van der Waals surface area contributed by atoms with E-state index < -0.39 is 6.04 Å². The van der Waals surface area contributed by atoms with Crippen LogP contribution >= 0.6 is 11.8 Å². The van der Waals surface area contributed by atoms with Crippen molar-refractivity contribution in [2.75, 3.05) is 12.8 Å². The number of carbonyl (C=O) groups excluding carboxylic acids is 2. The van der Waals surface area contributed by atoms with E-state index in [-0.39, 0.29) is 23.4 Å². The summed E-state index contributed by atoms with van der Waals surface area (Å²) in [5.74, 6) is 0.0233. The Bertz CT molecular complexity index is 755. The molecule has 2 rings (SSSR count). The molecule has 0 fully saturated rings. The predicted molar refractivity (Wildman–Crippen MR) is 108 cm³/mol. The number of thioether (sulfide) groups is 1. The van der Waals surface area contributed by atoms with Gasteiger partial charge in [0.15, 0.2) is 0 Å². The smallest absolute Gasteiger partial charge is 0.242 e. The maximum atomic E-state index is 13.7. The summed E-state index contributed by atoms with van der Waals surface area (Å²) in [6, 6.07) is 15.6. The summed E-state index contributed by atoms with van der Waals surface area (Å²) in [6.45, 7) is 2.25. The highest BCUT2D eigenvalue weighted by Gasteiger charge is 2.27. The molecule has 0 aliphatic carbocycles. The summed E-state index contributed by atoms with van der Waals surface area (Å²) in [6.07, 6.45) is 0.524. The Morgan fingerprint density at radius 2 is 1.78 bits per heavy atom. The van der Waals surface area contributed by atoms with Gasteiger partial charge in [0.2, 0.25) is 11.8 Å². The number of benzene rings is 2. The molecule has 2 aromatic rings. The van der Waals surface area contributed by atoms with Gasteiger partial charge in [-0.2, -0.15) is 0 Å². The van der Waals surface area contributed by atoms with Crippen LogP contribution in [-0.2, 0) is 21.9 Å². The third-order valence-corrected chi connectivity index (χ3v) is 5.24. The molecule has 1 unspecified atom stereocenters. The number of carbonyl (C=O) groups is 2. The number of hydrogen-bond acceptors (Lipinski definition) is 3. The van der Waals surface area contributed by atoms with Crippen LogP contribution in [0.3, 0.4) is 0 Å². The van der Waals surface area contributed by atoms with Gasteiger partial charge >= 0.3 is 0 Å². The molecule has 1 N–H and O–H groups in total. The van der Waals surface area contributed by atoms with Gasteiger partial charge in [-0.3, -0.25) is 9.59 Å². The quantitative estimate of drug-likeness (QED) is 0.714. The fraction of sp³-hybridized carbons (Fsp3) is 0.333. The molecule has 1 atom stereocenters. The van der Waals surface area contributed by atoms with Gasteiger partial charge in [0.25, 0.3) is 0 Å². The van der Waals surface area contributed by atoms with Gasteiger partial charge < -0.3 is 10.2 Å². The third-order valence-electron chi connectivity index (χ3n) is 4.27. The monoisotopic (exact) mass is 388 g/mol. The van der Waals surface area contributed by atoms with Crippen molar-refractivity contribution in [2.24, 2.45) is 0 Å². The first kappa shape index (κ1) is 21.0. The topological polar surface area (TPSA) is 49.4 Å². The van der Waals surface area contributed by atoms with E-state index in [1.807, 2.05) is 37.3 Å². The number of nitrogens with one attached hydrogen (secondary N) is 1. The molecular weight excluding hydrogens is 363 g/mol. The molecule has 0 aliphatic rings. The van der Waals surface area contributed by atoms with Crippen LogP contribution in [0.5, 0.6) is 0 Å². The molecule has 0 radical (unpaired) electrons. The summed E-state index contributed by atoms with van der Waals surface area (Å²) in [5.41, 5.74) is 1.54. The van der Waals surface area contributed by atoms with Gasteiger partial charge in [-0.15, -0.1) is 11.8 Å². The Labute approximate surface area is 164 Å². The Morgan fingerprint density at radius 1 is 1.11 bits per heavy atom. The SMILES string of the molecule is CCC(C(=O)NC)N(Cc1ccccc1)C(=O)CSCc1ccccc1F. The average molecular weight is 389 g/mol. The summed E-state index contributed by atoms with van der Waals surface area (Å²) in [7, 11) is 1.57. The summed E-state index contributed by atoms with van der Waals surface area (Å²) < 4.78 is 13.7. The maximum absolute atomic E-state index is 13.7. The van der Waals surface area contributed by atoms with E-state index in [0.29, 0.717) is 24.3 Å². The highest BCUT2D eigenvalue weighted by molar-refractivity contribution is 7.99. The van der Waals surface area contributed by atoms with Crippen molar-refractivity contribution in [1.29, 1.82) is 0 Å². The van der Waals surface area contributed by atoms with Gasteiger partial charge in [-0.25, -0.2) is 4.39 Å². The van der Waals surface area contributed by atoms with E-state index in [4.69, 9.17) is 0 Å². The molecule has 0 aliphatic heterocycles. The summed E-state index contributed by atoms with van der Waals surface area (Å²) in [4.78, 5) is 26.7. The largest absolute Gasteiger partial charge is 0.357 e. The van der Waals surface area contributed by atoms with Gasteiger partial charge in [-0.05, 0) is 23.6 Å². The minimum absolute atomic E-state index is 0.129. The summed E-state index contributed by atoms with van der Waals surface area (Å²) >= 11 is 1.35. The zero-order chi connectivity index (χ0) is 19.6. The van der Waals surface area contributed by atoms with Gasteiger partial charge in [0.1, 0.15) is 11.9 Å². The predicted octanol–water partition coefficient (Wildman–Crippen LogP) is 3.61. The molecule has 27 heavy (non-hydrogen) atoms. The second-order valence-corrected chi connectivity index (χ2v) is 7.12. The van der Waals surface area contributed by atoms with Crippen LogP contribution in [0.25, 0.3) is 0 Å². The fourth-order valence-electron chi connectivity index (χ4n) is 2.81. The van der Waals surface area contributed by atoms with E-state index >= 15 is 0 Å². The lowest BCUT2D eigenvalue weighted by atomic mass is 10.1. The van der Waals surface area contributed by atoms with Crippen LogP contribution in [0.1, 0.15) is 24.5 Å². The first-order valence-electron chi connectivity index (χ1n) is 8.93. The van der Waals surface area contributed by atoms with Gasteiger partial charge in [0.05, 0.1) is 5.75 Å². The molecule has 0 bridgehead atoms. The third kappa shape index (κ3) is 6.10. The van der Waals surface area contributed by atoms with E-state index in [2.05, 4.69) is 5.32 Å². The molecule has 2 amide bonds. The van der Waals surface area contributed by atoms with Crippen molar-refractivity contribution in [3.05, 3.63) is 71.5 Å². The number of halogens is 1. The van der Waals surface area contributed by atoms with Gasteiger partial charge in [0, 0.05) is 19.3 Å². The molecule has 6 heteroatoms. The zero-order valence-corrected chi connectivity index (χ0v) is 16.5. The lowest BCUT2D eigenvalue weighted by Crippen LogP contribution is -2.48. The number of amides is 2. The Balaban J connectivity index is 2.07. The minimum atomic E-state index is -0.531. The molecule has 0 aromatic heterocycles. The van der Waals surface area contributed by atoms with Crippen LogP contribution in [0.15, 0.2) is 54.6 Å². The molecule has 0 saturated heterocycles. The molecule has 0 heterocycles. The normalized spacial score (nSPS) is 11.7. The van der Waals surface area contributed by atoms with Crippen molar-refractivity contribution in [3.8, 4) is 0 Å². The number of likely N-dealkylation sites (N-methyl/N-ethyl adjacent to an activating group) is 1. The first-order chi connectivity index (χ1) is 13.1.